The van der Waals surface area contributed by atoms with Crippen LogP contribution in [0.25, 0.3) is 0 Å². The molecule has 1 atom stereocenters. The smallest absolute Gasteiger partial charge is 0.371 e. The normalized spacial score (nSPS) is 13.0. The molecule has 1 unspecified atom stereocenters. The molecule has 0 aliphatic carbocycles. The van der Waals surface area contributed by atoms with E-state index in [4.69, 9.17) is 9.52 Å². The molecule has 1 aromatic heterocycles. The summed E-state index contributed by atoms with van der Waals surface area (Å²) in [6, 6.07) is 11.7. The van der Waals surface area contributed by atoms with Gasteiger partial charge in [-0.2, -0.15) is 0 Å². The number of carbonyl (C=O) groups is 1. The number of carboxylic acids is 1. The van der Waals surface area contributed by atoms with Crippen LogP contribution >= 0.6 is 0 Å². The number of rotatable bonds is 6. The van der Waals surface area contributed by atoms with Crippen LogP contribution in [0, 0.1) is 0 Å². The number of sulfonamides is 1. The molecule has 1 aromatic carbocycles. The zero-order chi connectivity index (χ0) is 15.5. The van der Waals surface area contributed by atoms with E-state index in [9.17, 15) is 13.2 Å². The van der Waals surface area contributed by atoms with Crippen LogP contribution in [-0.4, -0.2) is 26.0 Å². The third-order valence-corrected chi connectivity index (χ3v) is 4.30. The van der Waals surface area contributed by atoms with Gasteiger partial charge in [0.1, 0.15) is 0 Å². The molecule has 0 amide bonds. The van der Waals surface area contributed by atoms with Crippen molar-refractivity contribution < 1.29 is 22.7 Å². The summed E-state index contributed by atoms with van der Waals surface area (Å²) < 4.78 is 31.2. The molecule has 0 aliphatic rings. The van der Waals surface area contributed by atoms with Gasteiger partial charge in [-0.3, -0.25) is 0 Å². The molecule has 0 saturated heterocycles. The summed E-state index contributed by atoms with van der Waals surface area (Å²) >= 11 is 0. The van der Waals surface area contributed by atoms with Crippen LogP contribution in [-0.2, 0) is 10.0 Å². The Morgan fingerprint density at radius 1 is 1.24 bits per heavy atom. The summed E-state index contributed by atoms with van der Waals surface area (Å²) in [6.45, 7) is 2.08. The molecule has 6 nitrogen and oxygen atoms in total. The van der Waals surface area contributed by atoms with Gasteiger partial charge in [0.05, 0.1) is 0 Å². The Labute approximate surface area is 122 Å². The van der Waals surface area contributed by atoms with Crippen LogP contribution in [0.15, 0.2) is 52.0 Å². The van der Waals surface area contributed by atoms with E-state index in [1.807, 2.05) is 37.3 Å². The van der Waals surface area contributed by atoms with E-state index in [2.05, 4.69) is 4.72 Å². The lowest BCUT2D eigenvalue weighted by Gasteiger charge is -2.12. The molecule has 0 fully saturated rings. The second kappa shape index (κ2) is 6.11. The highest BCUT2D eigenvalue weighted by Crippen LogP contribution is 2.17. The van der Waals surface area contributed by atoms with E-state index in [0.717, 1.165) is 17.7 Å². The molecular weight excluding hydrogens is 294 g/mol. The van der Waals surface area contributed by atoms with Crippen LogP contribution < -0.4 is 4.72 Å². The molecule has 7 heteroatoms. The Balaban J connectivity index is 2.06. The van der Waals surface area contributed by atoms with Crippen molar-refractivity contribution in [3.8, 4) is 0 Å². The molecular formula is C14H15NO5S. The molecule has 0 spiro atoms. The third-order valence-electron chi connectivity index (χ3n) is 3.01. The predicted molar refractivity (Wildman–Crippen MR) is 75.7 cm³/mol. The minimum absolute atomic E-state index is 0.0186. The van der Waals surface area contributed by atoms with E-state index in [0.29, 0.717) is 0 Å². The Kier molecular flexibility index (Phi) is 4.44. The zero-order valence-electron chi connectivity index (χ0n) is 11.3. The van der Waals surface area contributed by atoms with E-state index in [-0.39, 0.29) is 12.5 Å². The van der Waals surface area contributed by atoms with Crippen LogP contribution in [0.1, 0.15) is 29.0 Å². The van der Waals surface area contributed by atoms with E-state index in [1.54, 1.807) is 0 Å². The average Bonchev–Trinajstić information content (AvgIpc) is 2.97. The van der Waals surface area contributed by atoms with Gasteiger partial charge in [-0.15, -0.1) is 0 Å². The average molecular weight is 309 g/mol. The topological polar surface area (TPSA) is 96.6 Å². The number of aromatic carboxylic acids is 1. The zero-order valence-corrected chi connectivity index (χ0v) is 12.1. The largest absolute Gasteiger partial charge is 0.475 e. The second-order valence-corrected chi connectivity index (χ2v) is 6.29. The number of hydrogen-bond acceptors (Lipinski definition) is 4. The molecule has 2 aromatic rings. The van der Waals surface area contributed by atoms with Crippen LogP contribution in [0.3, 0.4) is 0 Å². The molecule has 0 aliphatic heterocycles. The van der Waals surface area contributed by atoms with Crippen LogP contribution in [0.2, 0.25) is 0 Å². The van der Waals surface area contributed by atoms with Crippen molar-refractivity contribution in [3.05, 3.63) is 53.8 Å². The lowest BCUT2D eigenvalue weighted by atomic mass is 10.0. The Bertz CT molecular complexity index is 721. The van der Waals surface area contributed by atoms with Gasteiger partial charge in [0, 0.05) is 6.54 Å². The summed E-state index contributed by atoms with van der Waals surface area (Å²) in [6.07, 6.45) is 0. The van der Waals surface area contributed by atoms with Crippen LogP contribution in [0.4, 0.5) is 0 Å². The van der Waals surface area contributed by atoms with Gasteiger partial charge in [0.15, 0.2) is 0 Å². The first-order valence-electron chi connectivity index (χ1n) is 6.28. The summed E-state index contributed by atoms with van der Waals surface area (Å²) in [7, 11) is -3.86. The highest BCUT2D eigenvalue weighted by Gasteiger charge is 2.21. The van der Waals surface area contributed by atoms with Crippen molar-refractivity contribution in [1.29, 1.82) is 0 Å². The van der Waals surface area contributed by atoms with Gasteiger partial charge in [-0.1, -0.05) is 37.3 Å². The SMILES string of the molecule is CC(CNS(=O)(=O)c1ccc(C(=O)O)o1)c1ccccc1. The van der Waals surface area contributed by atoms with Gasteiger partial charge in [0.2, 0.25) is 10.9 Å². The maximum absolute atomic E-state index is 12.0. The number of furan rings is 1. The molecule has 0 radical (unpaired) electrons. The molecule has 0 saturated carbocycles. The number of nitrogens with one attached hydrogen (secondary N) is 1. The monoisotopic (exact) mass is 309 g/mol. The van der Waals surface area contributed by atoms with Crippen molar-refractivity contribution in [2.75, 3.05) is 6.54 Å². The van der Waals surface area contributed by atoms with Crippen molar-refractivity contribution in [2.24, 2.45) is 0 Å². The summed E-state index contributed by atoms with van der Waals surface area (Å²) in [5.74, 6) is -1.74. The van der Waals surface area contributed by atoms with Gasteiger partial charge >= 0.3 is 5.97 Å². The Morgan fingerprint density at radius 3 is 2.48 bits per heavy atom. The van der Waals surface area contributed by atoms with Gasteiger partial charge in [-0.05, 0) is 23.6 Å². The minimum atomic E-state index is -3.86. The fourth-order valence-corrected chi connectivity index (χ4v) is 2.84. The van der Waals surface area contributed by atoms with Crippen molar-refractivity contribution in [3.63, 3.8) is 0 Å². The molecule has 0 bridgehead atoms. The highest BCUT2D eigenvalue weighted by atomic mass is 32.2. The maximum Gasteiger partial charge on any atom is 0.371 e. The first-order valence-corrected chi connectivity index (χ1v) is 7.76. The predicted octanol–water partition coefficient (Wildman–Crippen LogP) is 2.06. The standard InChI is InChI=1S/C14H15NO5S/c1-10(11-5-3-2-4-6-11)9-15-21(18,19)13-8-7-12(20-13)14(16)17/h2-8,10,15H,9H2,1H3,(H,16,17). The third kappa shape index (κ3) is 3.71. The Morgan fingerprint density at radius 2 is 1.90 bits per heavy atom. The van der Waals surface area contributed by atoms with Gasteiger partial charge in [-0.25, -0.2) is 17.9 Å². The van der Waals surface area contributed by atoms with E-state index >= 15 is 0 Å². The van der Waals surface area contributed by atoms with E-state index in [1.165, 1.54) is 0 Å². The van der Waals surface area contributed by atoms with Gasteiger partial charge < -0.3 is 9.52 Å². The summed E-state index contributed by atoms with van der Waals surface area (Å²) in [5, 5.41) is 8.32. The molecule has 1 heterocycles. The van der Waals surface area contributed by atoms with Crippen LogP contribution in [0.5, 0.6) is 0 Å². The highest BCUT2D eigenvalue weighted by molar-refractivity contribution is 7.89. The Hall–Kier alpha value is -2.12. The fraction of sp³-hybridized carbons (Fsp3) is 0.214. The van der Waals surface area contributed by atoms with E-state index < -0.39 is 26.8 Å². The molecule has 2 N–H and O–H groups in total. The first-order chi connectivity index (χ1) is 9.90. The quantitative estimate of drug-likeness (QED) is 0.851. The van der Waals surface area contributed by atoms with Crippen molar-refractivity contribution in [1.82, 2.24) is 4.72 Å². The lowest BCUT2D eigenvalue weighted by Crippen LogP contribution is -2.27. The molecule has 2 rings (SSSR count). The maximum atomic E-state index is 12.0. The first kappa shape index (κ1) is 15.3. The molecule has 21 heavy (non-hydrogen) atoms. The molecule has 112 valence electrons. The number of hydrogen-bond donors (Lipinski definition) is 2. The van der Waals surface area contributed by atoms with Gasteiger partial charge in [0.25, 0.3) is 10.0 Å². The number of benzene rings is 1. The summed E-state index contributed by atoms with van der Waals surface area (Å²) in [4.78, 5) is 10.7. The summed E-state index contributed by atoms with van der Waals surface area (Å²) in [5.41, 5.74) is 1.01. The van der Waals surface area contributed by atoms with Crippen molar-refractivity contribution >= 4 is 16.0 Å². The second-order valence-electron chi connectivity index (χ2n) is 4.59. The lowest BCUT2D eigenvalue weighted by molar-refractivity contribution is 0.0656. The number of carboxylic acid groups (broad SMARTS) is 1. The fourth-order valence-electron chi connectivity index (χ4n) is 1.78. The van der Waals surface area contributed by atoms with Crippen molar-refractivity contribution in [2.45, 2.75) is 17.9 Å². The minimum Gasteiger partial charge on any atom is -0.475 e.